The maximum atomic E-state index is 13.0. The predicted molar refractivity (Wildman–Crippen MR) is 114 cm³/mol. The van der Waals surface area contributed by atoms with Gasteiger partial charge in [-0.05, 0) is 43.5 Å². The average molecular weight is 415 g/mol. The summed E-state index contributed by atoms with van der Waals surface area (Å²) in [6.07, 6.45) is 4.25. The molecule has 5 nitrogen and oxygen atoms in total. The molecule has 1 aliphatic rings. The predicted octanol–water partition coefficient (Wildman–Crippen LogP) is 4.19. The zero-order chi connectivity index (χ0) is 20.6. The molecule has 0 saturated heterocycles. The van der Waals surface area contributed by atoms with Gasteiger partial charge in [0.05, 0.1) is 0 Å². The highest BCUT2D eigenvalue weighted by Crippen LogP contribution is 2.21. The Balaban J connectivity index is 1.71. The van der Waals surface area contributed by atoms with Gasteiger partial charge in [0.15, 0.2) is 6.61 Å². The molecule has 0 bridgehead atoms. The first-order valence-corrected chi connectivity index (χ1v) is 10.4. The molecule has 0 heterocycles. The van der Waals surface area contributed by atoms with E-state index in [1.54, 1.807) is 25.1 Å². The topological polar surface area (TPSA) is 58.6 Å². The smallest absolute Gasteiger partial charge is 0.261 e. The second kappa shape index (κ2) is 10.3. The Morgan fingerprint density at radius 2 is 1.76 bits per heavy atom. The fourth-order valence-corrected chi connectivity index (χ4v) is 3.72. The van der Waals surface area contributed by atoms with E-state index in [0.717, 1.165) is 31.2 Å². The number of carbonyl (C=O) groups is 2. The number of halogens is 1. The molecule has 0 aliphatic heterocycles. The van der Waals surface area contributed by atoms with Crippen LogP contribution in [0.15, 0.2) is 54.6 Å². The summed E-state index contributed by atoms with van der Waals surface area (Å²) in [5.74, 6) is 0.210. The molecule has 3 rings (SSSR count). The van der Waals surface area contributed by atoms with E-state index in [0.29, 0.717) is 10.8 Å². The van der Waals surface area contributed by atoms with Gasteiger partial charge >= 0.3 is 0 Å². The van der Waals surface area contributed by atoms with Crippen LogP contribution in [0.4, 0.5) is 0 Å². The van der Waals surface area contributed by atoms with E-state index in [-0.39, 0.29) is 31.0 Å². The monoisotopic (exact) mass is 414 g/mol. The Hall–Kier alpha value is -2.53. The maximum Gasteiger partial charge on any atom is 0.261 e. The first-order valence-electron chi connectivity index (χ1n) is 10.1. The van der Waals surface area contributed by atoms with Crippen molar-refractivity contribution in [3.05, 3.63) is 65.2 Å². The molecular weight excluding hydrogens is 388 g/mol. The zero-order valence-corrected chi connectivity index (χ0v) is 17.4. The van der Waals surface area contributed by atoms with Crippen molar-refractivity contribution < 1.29 is 14.3 Å². The van der Waals surface area contributed by atoms with Crippen LogP contribution >= 0.6 is 11.6 Å². The quantitative estimate of drug-likeness (QED) is 0.704. The fraction of sp³-hybridized carbons (Fsp3) is 0.391. The number of nitrogens with one attached hydrogen (secondary N) is 1. The summed E-state index contributed by atoms with van der Waals surface area (Å²) >= 11 is 6.30. The summed E-state index contributed by atoms with van der Waals surface area (Å²) in [5, 5.41) is 3.65. The van der Waals surface area contributed by atoms with Gasteiger partial charge in [0, 0.05) is 17.6 Å². The van der Waals surface area contributed by atoms with Gasteiger partial charge < -0.3 is 15.0 Å². The zero-order valence-electron chi connectivity index (χ0n) is 16.6. The Labute approximate surface area is 177 Å². The van der Waals surface area contributed by atoms with Gasteiger partial charge in [0.2, 0.25) is 5.91 Å². The minimum absolute atomic E-state index is 0.142. The van der Waals surface area contributed by atoms with Crippen molar-refractivity contribution >= 4 is 23.4 Å². The Bertz CT molecular complexity index is 822. The molecular formula is C23H27ClN2O3. The average Bonchev–Trinajstić information content (AvgIpc) is 3.24. The summed E-state index contributed by atoms with van der Waals surface area (Å²) < 4.78 is 5.62. The summed E-state index contributed by atoms with van der Waals surface area (Å²) in [5.41, 5.74) is 0.794. The first kappa shape index (κ1) is 21.2. The van der Waals surface area contributed by atoms with Crippen molar-refractivity contribution in [2.45, 2.75) is 51.2 Å². The molecule has 0 spiro atoms. The molecule has 2 aromatic rings. The van der Waals surface area contributed by atoms with E-state index in [2.05, 4.69) is 5.32 Å². The fourth-order valence-electron chi connectivity index (χ4n) is 3.53. The third kappa shape index (κ3) is 5.97. The SMILES string of the molecule is C[C@@H](C(=O)NC1CCCC1)N(Cc1ccccc1Cl)C(=O)COc1ccccc1. The van der Waals surface area contributed by atoms with Crippen LogP contribution in [0.5, 0.6) is 5.75 Å². The van der Waals surface area contributed by atoms with Gasteiger partial charge in [0.25, 0.3) is 5.91 Å². The molecule has 2 amide bonds. The van der Waals surface area contributed by atoms with Crippen molar-refractivity contribution in [1.29, 1.82) is 0 Å². The number of nitrogens with zero attached hydrogens (tertiary/aromatic N) is 1. The van der Waals surface area contributed by atoms with E-state index >= 15 is 0 Å². The molecule has 2 aromatic carbocycles. The van der Waals surface area contributed by atoms with Crippen LogP contribution in [0.2, 0.25) is 5.02 Å². The van der Waals surface area contributed by atoms with Gasteiger partial charge in [-0.15, -0.1) is 0 Å². The molecule has 29 heavy (non-hydrogen) atoms. The molecule has 0 unspecified atom stereocenters. The van der Waals surface area contributed by atoms with Crippen LogP contribution in [0.1, 0.15) is 38.2 Å². The van der Waals surface area contributed by atoms with Crippen LogP contribution in [-0.2, 0) is 16.1 Å². The second-order valence-corrected chi connectivity index (χ2v) is 7.79. The van der Waals surface area contributed by atoms with Crippen LogP contribution in [0.25, 0.3) is 0 Å². The second-order valence-electron chi connectivity index (χ2n) is 7.38. The number of amides is 2. The van der Waals surface area contributed by atoms with E-state index < -0.39 is 6.04 Å². The van der Waals surface area contributed by atoms with Gasteiger partial charge in [0.1, 0.15) is 11.8 Å². The highest BCUT2D eigenvalue weighted by molar-refractivity contribution is 6.31. The highest BCUT2D eigenvalue weighted by atomic mass is 35.5. The number of para-hydroxylation sites is 1. The molecule has 1 N–H and O–H groups in total. The number of hydrogen-bond acceptors (Lipinski definition) is 3. The van der Waals surface area contributed by atoms with E-state index in [4.69, 9.17) is 16.3 Å². The summed E-state index contributed by atoms with van der Waals surface area (Å²) in [6, 6.07) is 16.1. The summed E-state index contributed by atoms with van der Waals surface area (Å²) in [4.78, 5) is 27.3. The Morgan fingerprint density at radius 1 is 1.10 bits per heavy atom. The van der Waals surface area contributed by atoms with Crippen molar-refractivity contribution in [2.75, 3.05) is 6.61 Å². The lowest BCUT2D eigenvalue weighted by molar-refractivity contribution is -0.142. The number of ether oxygens (including phenoxy) is 1. The number of hydrogen-bond donors (Lipinski definition) is 1. The lowest BCUT2D eigenvalue weighted by Crippen LogP contribution is -2.50. The first-order chi connectivity index (χ1) is 14.0. The van der Waals surface area contributed by atoms with Crippen LogP contribution < -0.4 is 10.1 Å². The maximum absolute atomic E-state index is 13.0. The van der Waals surface area contributed by atoms with Crippen LogP contribution in [0.3, 0.4) is 0 Å². The summed E-state index contributed by atoms with van der Waals surface area (Å²) in [7, 11) is 0. The van der Waals surface area contributed by atoms with Gasteiger partial charge in [-0.25, -0.2) is 0 Å². The Kier molecular flexibility index (Phi) is 7.53. The molecule has 6 heteroatoms. The van der Waals surface area contributed by atoms with Crippen LogP contribution in [-0.4, -0.2) is 35.4 Å². The largest absolute Gasteiger partial charge is 0.484 e. The van der Waals surface area contributed by atoms with Crippen molar-refractivity contribution in [2.24, 2.45) is 0 Å². The Morgan fingerprint density at radius 3 is 2.45 bits per heavy atom. The summed E-state index contributed by atoms with van der Waals surface area (Å²) in [6.45, 7) is 1.85. The van der Waals surface area contributed by atoms with Gasteiger partial charge in [-0.1, -0.05) is 60.8 Å². The normalized spacial score (nSPS) is 15.0. The minimum atomic E-state index is -0.626. The molecule has 1 aliphatic carbocycles. The van der Waals surface area contributed by atoms with Gasteiger partial charge in [-0.3, -0.25) is 9.59 Å². The third-order valence-electron chi connectivity index (χ3n) is 5.27. The third-order valence-corrected chi connectivity index (χ3v) is 5.64. The molecule has 0 radical (unpaired) electrons. The van der Waals surface area contributed by atoms with Crippen LogP contribution in [0, 0.1) is 0 Å². The van der Waals surface area contributed by atoms with Crippen molar-refractivity contribution in [3.63, 3.8) is 0 Å². The number of benzene rings is 2. The van der Waals surface area contributed by atoms with E-state index in [1.165, 1.54) is 4.90 Å². The number of carbonyl (C=O) groups excluding carboxylic acids is 2. The van der Waals surface area contributed by atoms with Crippen molar-refractivity contribution in [3.8, 4) is 5.75 Å². The molecule has 1 atom stereocenters. The molecule has 1 fully saturated rings. The van der Waals surface area contributed by atoms with E-state index in [9.17, 15) is 9.59 Å². The minimum Gasteiger partial charge on any atom is -0.484 e. The lowest BCUT2D eigenvalue weighted by Gasteiger charge is -2.30. The van der Waals surface area contributed by atoms with E-state index in [1.807, 2.05) is 36.4 Å². The lowest BCUT2D eigenvalue weighted by atomic mass is 10.1. The highest BCUT2D eigenvalue weighted by Gasteiger charge is 2.29. The number of rotatable bonds is 8. The molecule has 1 saturated carbocycles. The molecule has 0 aromatic heterocycles. The van der Waals surface area contributed by atoms with Crippen molar-refractivity contribution in [1.82, 2.24) is 10.2 Å². The standard InChI is InChI=1S/C23H27ClN2O3/c1-17(23(28)25-19-10-6-7-11-19)26(15-18-9-5-8-14-21(18)24)22(27)16-29-20-12-3-2-4-13-20/h2-5,8-9,12-14,17,19H,6-7,10-11,15-16H2,1H3,(H,25,28)/t17-/m0/s1. The van der Waals surface area contributed by atoms with Gasteiger partial charge in [-0.2, -0.15) is 0 Å². The molecule has 154 valence electrons.